The normalized spacial score (nSPS) is 19.0. The molecule has 8 heteroatoms. The molecule has 2 amide bonds. The van der Waals surface area contributed by atoms with Crippen molar-refractivity contribution >= 4 is 56.5 Å². The summed E-state index contributed by atoms with van der Waals surface area (Å²) in [4.78, 5) is 30.8. The number of aromatic nitrogens is 1. The molecule has 0 bridgehead atoms. The van der Waals surface area contributed by atoms with Crippen LogP contribution in [0.15, 0.2) is 28.7 Å². The van der Waals surface area contributed by atoms with E-state index in [0.717, 1.165) is 27.0 Å². The van der Waals surface area contributed by atoms with Crippen LogP contribution in [0.5, 0.6) is 0 Å². The van der Waals surface area contributed by atoms with Gasteiger partial charge in [-0.15, -0.1) is 23.1 Å². The summed E-state index contributed by atoms with van der Waals surface area (Å²) in [6.07, 6.45) is 0.755. The van der Waals surface area contributed by atoms with Gasteiger partial charge in [0.2, 0.25) is 12.3 Å². The molecule has 1 fully saturated rings. The molecule has 1 saturated heterocycles. The van der Waals surface area contributed by atoms with Crippen LogP contribution >= 0.6 is 39.0 Å². The van der Waals surface area contributed by atoms with Crippen molar-refractivity contribution in [2.75, 3.05) is 11.1 Å². The minimum Gasteiger partial charge on any atom is -0.318 e. The van der Waals surface area contributed by atoms with Crippen LogP contribution in [0.1, 0.15) is 18.7 Å². The summed E-state index contributed by atoms with van der Waals surface area (Å²) in [5, 5.41) is 3.43. The van der Waals surface area contributed by atoms with Crippen LogP contribution < -0.4 is 5.32 Å². The molecule has 5 nitrogen and oxygen atoms in total. The Morgan fingerprint density at radius 1 is 1.40 bits per heavy atom. The number of hydrogen-bond acceptors (Lipinski definition) is 5. The third kappa shape index (κ3) is 3.75. The number of benzene rings is 1. The molecule has 1 aromatic carbocycles. The minimum absolute atomic E-state index is 0.193. The number of anilines is 1. The van der Waals surface area contributed by atoms with Crippen LogP contribution in [0.4, 0.5) is 5.13 Å². The molecule has 25 heavy (non-hydrogen) atoms. The Hall–Kier alpha value is -1.38. The minimum atomic E-state index is -0.474. The van der Waals surface area contributed by atoms with Crippen LogP contribution in [-0.4, -0.2) is 38.9 Å². The zero-order valence-electron chi connectivity index (χ0n) is 14.1. The van der Waals surface area contributed by atoms with E-state index in [-0.39, 0.29) is 10.8 Å². The number of aryl methyl sites for hydroxylation is 1. The highest BCUT2D eigenvalue weighted by Crippen LogP contribution is 2.38. The molecule has 0 spiro atoms. The Kier molecular flexibility index (Phi) is 5.22. The zero-order chi connectivity index (χ0) is 18.2. The zero-order valence-corrected chi connectivity index (χ0v) is 17.3. The maximum Gasteiger partial charge on any atom is 0.249 e. The third-order valence-electron chi connectivity index (χ3n) is 4.11. The maximum absolute atomic E-state index is 12.6. The van der Waals surface area contributed by atoms with Gasteiger partial charge in [0.1, 0.15) is 6.04 Å². The average Bonchev–Trinajstić information content (AvgIpc) is 3.07. The van der Waals surface area contributed by atoms with Crippen molar-refractivity contribution in [2.24, 2.45) is 0 Å². The molecule has 1 atom stereocenters. The summed E-state index contributed by atoms with van der Waals surface area (Å²) in [6, 6.07) is 7.43. The van der Waals surface area contributed by atoms with Crippen molar-refractivity contribution in [3.05, 3.63) is 33.6 Å². The smallest absolute Gasteiger partial charge is 0.249 e. The van der Waals surface area contributed by atoms with Crippen LogP contribution in [0.2, 0.25) is 0 Å². The number of amides is 2. The van der Waals surface area contributed by atoms with Crippen molar-refractivity contribution in [3.8, 4) is 11.3 Å². The van der Waals surface area contributed by atoms with Gasteiger partial charge in [-0.3, -0.25) is 9.59 Å². The first-order chi connectivity index (χ1) is 11.8. The summed E-state index contributed by atoms with van der Waals surface area (Å²) in [6.45, 7) is 5.87. The third-order valence-corrected chi connectivity index (χ3v) is 6.93. The van der Waals surface area contributed by atoms with Gasteiger partial charge < -0.3 is 10.2 Å². The second-order valence-electron chi connectivity index (χ2n) is 6.21. The molecule has 1 N–H and O–H groups in total. The first kappa shape index (κ1) is 18.4. The monoisotopic (exact) mass is 439 g/mol. The van der Waals surface area contributed by atoms with Gasteiger partial charge in [-0.25, -0.2) is 4.98 Å². The highest BCUT2D eigenvalue weighted by atomic mass is 79.9. The van der Waals surface area contributed by atoms with E-state index in [2.05, 4.69) is 26.2 Å². The molecule has 0 unspecified atom stereocenters. The SMILES string of the molecule is Cc1sc(NC(=O)[C@H]2CSC(C)(C)N2C=O)nc1-c1ccc(Br)cc1. The Bertz CT molecular complexity index is 805. The molecule has 3 rings (SSSR count). The molecule has 1 aromatic heterocycles. The standard InChI is InChI=1S/C17H18BrN3O2S2/c1-10-14(11-4-6-12(18)7-5-11)19-16(25-10)20-15(23)13-8-24-17(2,3)21(13)9-22/h4-7,9,13H,8H2,1-3H3,(H,19,20,23)/t13-/m1/s1. The Balaban J connectivity index is 1.78. The molecule has 1 aliphatic heterocycles. The number of carbonyl (C=O) groups is 2. The Morgan fingerprint density at radius 2 is 2.08 bits per heavy atom. The number of thioether (sulfide) groups is 1. The number of nitrogens with one attached hydrogen (secondary N) is 1. The van der Waals surface area contributed by atoms with Gasteiger partial charge in [0, 0.05) is 20.7 Å². The quantitative estimate of drug-likeness (QED) is 0.727. The highest BCUT2D eigenvalue weighted by molar-refractivity contribution is 9.10. The molecule has 0 aliphatic carbocycles. The van der Waals surface area contributed by atoms with Gasteiger partial charge in [-0.2, -0.15) is 0 Å². The van der Waals surface area contributed by atoms with E-state index in [9.17, 15) is 9.59 Å². The van der Waals surface area contributed by atoms with Crippen molar-refractivity contribution in [1.82, 2.24) is 9.88 Å². The van der Waals surface area contributed by atoms with Crippen molar-refractivity contribution in [1.29, 1.82) is 0 Å². The summed E-state index contributed by atoms with van der Waals surface area (Å²) in [5.74, 6) is 0.392. The number of thiazole rings is 1. The molecule has 132 valence electrons. The molecule has 0 saturated carbocycles. The second kappa shape index (κ2) is 7.09. The predicted molar refractivity (Wildman–Crippen MR) is 107 cm³/mol. The maximum atomic E-state index is 12.6. The van der Waals surface area contributed by atoms with E-state index in [1.165, 1.54) is 11.3 Å². The molecule has 2 aromatic rings. The lowest BCUT2D eigenvalue weighted by Crippen LogP contribution is -2.47. The Labute approximate surface area is 163 Å². The summed E-state index contributed by atoms with van der Waals surface area (Å²) >= 11 is 6.46. The molecule has 0 radical (unpaired) electrons. The summed E-state index contributed by atoms with van der Waals surface area (Å²) in [7, 11) is 0. The van der Waals surface area contributed by atoms with Gasteiger partial charge in [-0.1, -0.05) is 28.1 Å². The lowest BCUT2D eigenvalue weighted by atomic mass is 10.1. The summed E-state index contributed by atoms with van der Waals surface area (Å²) in [5.41, 5.74) is 1.87. The van der Waals surface area contributed by atoms with Gasteiger partial charge in [-0.05, 0) is 32.9 Å². The van der Waals surface area contributed by atoms with Crippen LogP contribution in [0.25, 0.3) is 11.3 Å². The average molecular weight is 440 g/mol. The Morgan fingerprint density at radius 3 is 2.72 bits per heavy atom. The largest absolute Gasteiger partial charge is 0.318 e. The van der Waals surface area contributed by atoms with Crippen molar-refractivity contribution < 1.29 is 9.59 Å². The lowest BCUT2D eigenvalue weighted by molar-refractivity contribution is -0.130. The topological polar surface area (TPSA) is 62.3 Å². The molecular weight excluding hydrogens is 422 g/mol. The van der Waals surface area contributed by atoms with E-state index in [1.807, 2.05) is 45.0 Å². The molecule has 2 heterocycles. The van der Waals surface area contributed by atoms with Gasteiger partial charge in [0.25, 0.3) is 0 Å². The van der Waals surface area contributed by atoms with Gasteiger partial charge in [0.15, 0.2) is 5.13 Å². The van der Waals surface area contributed by atoms with Gasteiger partial charge >= 0.3 is 0 Å². The van der Waals surface area contributed by atoms with Gasteiger partial charge in [0.05, 0.1) is 10.6 Å². The van der Waals surface area contributed by atoms with Crippen LogP contribution in [0, 0.1) is 6.92 Å². The molecular formula is C17H18BrN3O2S2. The number of nitrogens with zero attached hydrogens (tertiary/aromatic N) is 2. The van der Waals surface area contributed by atoms with Crippen LogP contribution in [-0.2, 0) is 9.59 Å². The first-order valence-corrected chi connectivity index (χ1v) is 10.3. The number of hydrogen-bond donors (Lipinski definition) is 1. The number of carbonyl (C=O) groups excluding carboxylic acids is 2. The van der Waals surface area contributed by atoms with E-state index in [0.29, 0.717) is 10.9 Å². The highest BCUT2D eigenvalue weighted by Gasteiger charge is 2.43. The second-order valence-corrected chi connectivity index (χ2v) is 9.95. The fourth-order valence-corrected chi connectivity index (χ4v) is 5.03. The predicted octanol–water partition coefficient (Wildman–Crippen LogP) is 4.13. The fourth-order valence-electron chi connectivity index (χ4n) is 2.73. The number of rotatable bonds is 4. The van der Waals surface area contributed by atoms with Crippen LogP contribution in [0.3, 0.4) is 0 Å². The lowest BCUT2D eigenvalue weighted by Gasteiger charge is -2.29. The van der Waals surface area contributed by atoms with E-state index in [4.69, 9.17) is 0 Å². The van der Waals surface area contributed by atoms with Crippen molar-refractivity contribution in [2.45, 2.75) is 31.7 Å². The number of halogens is 1. The fraction of sp³-hybridized carbons (Fsp3) is 0.353. The van der Waals surface area contributed by atoms with E-state index in [1.54, 1.807) is 16.7 Å². The first-order valence-electron chi connectivity index (χ1n) is 7.74. The van der Waals surface area contributed by atoms with Crippen molar-refractivity contribution in [3.63, 3.8) is 0 Å². The van der Waals surface area contributed by atoms with E-state index >= 15 is 0 Å². The van der Waals surface area contributed by atoms with E-state index < -0.39 is 6.04 Å². The molecule has 1 aliphatic rings. The summed E-state index contributed by atoms with van der Waals surface area (Å²) < 4.78 is 1.01.